The van der Waals surface area contributed by atoms with E-state index in [0.29, 0.717) is 0 Å². The predicted molar refractivity (Wildman–Crippen MR) is 35.4 cm³/mol. The van der Waals surface area contributed by atoms with Crippen LogP contribution in [0, 0.1) is 13.8 Å². The Labute approximate surface area is 73.3 Å². The molecule has 0 aliphatic rings. The van der Waals surface area contributed by atoms with E-state index in [1.54, 1.807) is 6.07 Å². The smallest absolute Gasteiger partial charge is 0.872 e. The maximum Gasteiger partial charge on any atom is 1.00 e. The molecule has 0 radical (unpaired) electrons. The van der Waals surface area contributed by atoms with Gasteiger partial charge in [-0.15, -0.1) is 5.75 Å². The molecule has 0 saturated carbocycles. The standard InChI is InChI=1S/C8H10O.Li/c1-6-3-4-7(2)8(9)5-6;/h3-5,9H,1-2H3;/q;+1/p-1. The normalized spacial score (nSPS) is 8.60. The van der Waals surface area contributed by atoms with Crippen molar-refractivity contribution in [3.63, 3.8) is 0 Å². The molecule has 1 nitrogen and oxygen atoms in total. The number of hydrogen-bond donors (Lipinski definition) is 0. The maximum atomic E-state index is 10.8. The first-order chi connectivity index (χ1) is 4.20. The fraction of sp³-hybridized carbons (Fsp3) is 0.250. The molecule has 2 heteroatoms. The van der Waals surface area contributed by atoms with Gasteiger partial charge >= 0.3 is 18.9 Å². The van der Waals surface area contributed by atoms with Crippen LogP contribution in [0.5, 0.6) is 5.75 Å². The van der Waals surface area contributed by atoms with Gasteiger partial charge in [0.1, 0.15) is 0 Å². The summed E-state index contributed by atoms with van der Waals surface area (Å²) in [6.07, 6.45) is 0. The molecule has 0 atom stereocenters. The van der Waals surface area contributed by atoms with Gasteiger partial charge in [0.05, 0.1) is 0 Å². The Hall–Kier alpha value is -0.383. The van der Waals surface area contributed by atoms with Crippen molar-refractivity contribution in [2.45, 2.75) is 13.8 Å². The van der Waals surface area contributed by atoms with Crippen molar-refractivity contribution in [2.75, 3.05) is 0 Å². The van der Waals surface area contributed by atoms with Crippen LogP contribution in [0.3, 0.4) is 0 Å². The molecular weight excluding hydrogens is 119 g/mol. The van der Waals surface area contributed by atoms with Crippen molar-refractivity contribution in [1.29, 1.82) is 0 Å². The van der Waals surface area contributed by atoms with E-state index >= 15 is 0 Å². The Bertz CT molecular complexity index is 220. The summed E-state index contributed by atoms with van der Waals surface area (Å²) >= 11 is 0. The molecule has 0 heterocycles. The largest absolute Gasteiger partial charge is 1.00 e. The Morgan fingerprint density at radius 1 is 1.20 bits per heavy atom. The van der Waals surface area contributed by atoms with Crippen LogP contribution in [-0.2, 0) is 0 Å². The Morgan fingerprint density at radius 2 is 1.80 bits per heavy atom. The Morgan fingerprint density at radius 3 is 2.20 bits per heavy atom. The van der Waals surface area contributed by atoms with Crippen molar-refractivity contribution < 1.29 is 24.0 Å². The molecule has 0 spiro atoms. The third-order valence-electron chi connectivity index (χ3n) is 1.34. The summed E-state index contributed by atoms with van der Waals surface area (Å²) in [7, 11) is 0. The molecule has 0 amide bonds. The first-order valence-electron chi connectivity index (χ1n) is 2.94. The molecule has 1 aromatic carbocycles. The predicted octanol–water partition coefficient (Wildman–Crippen LogP) is -1.62. The number of benzene rings is 1. The van der Waals surface area contributed by atoms with E-state index in [2.05, 4.69) is 0 Å². The Balaban J connectivity index is 0.000000810. The number of hydrogen-bond acceptors (Lipinski definition) is 1. The van der Waals surface area contributed by atoms with Gasteiger partial charge in [0.2, 0.25) is 0 Å². The van der Waals surface area contributed by atoms with Gasteiger partial charge < -0.3 is 5.11 Å². The second kappa shape index (κ2) is 3.70. The molecular formula is C8H9LiO. The van der Waals surface area contributed by atoms with Gasteiger partial charge in [0, 0.05) is 0 Å². The van der Waals surface area contributed by atoms with Gasteiger partial charge in [-0.2, -0.15) is 0 Å². The van der Waals surface area contributed by atoms with E-state index in [9.17, 15) is 5.11 Å². The second-order valence-corrected chi connectivity index (χ2v) is 2.27. The van der Waals surface area contributed by atoms with Crippen molar-refractivity contribution >= 4 is 0 Å². The molecule has 1 rings (SSSR count). The molecule has 0 aliphatic carbocycles. The van der Waals surface area contributed by atoms with Crippen LogP contribution in [0.15, 0.2) is 18.2 Å². The van der Waals surface area contributed by atoms with Gasteiger partial charge in [-0.25, -0.2) is 0 Å². The number of aryl methyl sites for hydroxylation is 2. The monoisotopic (exact) mass is 128 g/mol. The molecule has 1 aromatic rings. The molecule has 0 bridgehead atoms. The zero-order valence-corrected chi connectivity index (χ0v) is 6.64. The minimum Gasteiger partial charge on any atom is -0.872 e. The van der Waals surface area contributed by atoms with E-state index in [-0.39, 0.29) is 24.6 Å². The SMILES string of the molecule is Cc1ccc(C)c([O-])c1.[Li+]. The molecule has 0 aromatic heterocycles. The summed E-state index contributed by atoms with van der Waals surface area (Å²) in [5.74, 6) is 0.134. The quantitative estimate of drug-likeness (QED) is 0.385. The van der Waals surface area contributed by atoms with Crippen molar-refractivity contribution in [3.8, 4) is 5.75 Å². The van der Waals surface area contributed by atoms with Crippen LogP contribution in [0.25, 0.3) is 0 Å². The fourth-order valence-corrected chi connectivity index (χ4v) is 0.707. The molecule has 0 N–H and O–H groups in total. The molecule has 0 aliphatic heterocycles. The topological polar surface area (TPSA) is 23.1 Å². The molecule has 0 saturated heterocycles. The summed E-state index contributed by atoms with van der Waals surface area (Å²) in [6, 6.07) is 5.43. The summed E-state index contributed by atoms with van der Waals surface area (Å²) in [4.78, 5) is 0. The fourth-order valence-electron chi connectivity index (χ4n) is 0.707. The van der Waals surface area contributed by atoms with Gasteiger partial charge in [-0.3, -0.25) is 0 Å². The van der Waals surface area contributed by atoms with Crippen LogP contribution in [0.2, 0.25) is 0 Å². The van der Waals surface area contributed by atoms with Crippen LogP contribution in [0.1, 0.15) is 11.1 Å². The van der Waals surface area contributed by atoms with Crippen LogP contribution < -0.4 is 24.0 Å². The summed E-state index contributed by atoms with van der Waals surface area (Å²) < 4.78 is 0. The van der Waals surface area contributed by atoms with Gasteiger partial charge in [0.15, 0.2) is 0 Å². The van der Waals surface area contributed by atoms with Crippen molar-refractivity contribution in [1.82, 2.24) is 0 Å². The van der Waals surface area contributed by atoms with E-state index in [4.69, 9.17) is 0 Å². The average molecular weight is 128 g/mol. The minimum absolute atomic E-state index is 0. The van der Waals surface area contributed by atoms with Gasteiger partial charge in [-0.1, -0.05) is 29.3 Å². The number of rotatable bonds is 0. The first-order valence-corrected chi connectivity index (χ1v) is 2.94. The third kappa shape index (κ3) is 2.10. The van der Waals surface area contributed by atoms with E-state index in [1.165, 1.54) is 0 Å². The van der Waals surface area contributed by atoms with E-state index in [1.807, 2.05) is 26.0 Å². The maximum absolute atomic E-state index is 10.8. The van der Waals surface area contributed by atoms with E-state index < -0.39 is 0 Å². The molecule has 10 heavy (non-hydrogen) atoms. The van der Waals surface area contributed by atoms with Crippen molar-refractivity contribution in [2.24, 2.45) is 0 Å². The minimum atomic E-state index is 0. The second-order valence-electron chi connectivity index (χ2n) is 2.27. The zero-order valence-electron chi connectivity index (χ0n) is 6.64. The zero-order chi connectivity index (χ0) is 6.85. The molecule has 48 valence electrons. The summed E-state index contributed by atoms with van der Waals surface area (Å²) in [5, 5.41) is 10.8. The summed E-state index contributed by atoms with van der Waals surface area (Å²) in [6.45, 7) is 3.74. The van der Waals surface area contributed by atoms with Crippen LogP contribution in [-0.4, -0.2) is 0 Å². The average Bonchev–Trinajstić information content (AvgIpc) is 1.80. The molecule has 0 fully saturated rings. The van der Waals surface area contributed by atoms with Crippen LogP contribution >= 0.6 is 0 Å². The van der Waals surface area contributed by atoms with Crippen LogP contribution in [0.4, 0.5) is 0 Å². The Kier molecular flexibility index (Phi) is 3.56. The molecule has 0 unspecified atom stereocenters. The third-order valence-corrected chi connectivity index (χ3v) is 1.34. The van der Waals surface area contributed by atoms with Crippen molar-refractivity contribution in [3.05, 3.63) is 29.3 Å². The van der Waals surface area contributed by atoms with Gasteiger partial charge in [0.25, 0.3) is 0 Å². The van der Waals surface area contributed by atoms with Gasteiger partial charge in [-0.05, 0) is 13.8 Å². The summed E-state index contributed by atoms with van der Waals surface area (Å²) in [5.41, 5.74) is 1.85. The van der Waals surface area contributed by atoms with E-state index in [0.717, 1.165) is 11.1 Å². The first kappa shape index (κ1) is 9.62.